The third-order valence-electron chi connectivity index (χ3n) is 4.10. The van der Waals surface area contributed by atoms with Crippen molar-refractivity contribution in [1.29, 1.82) is 0 Å². The van der Waals surface area contributed by atoms with Crippen LogP contribution in [0.3, 0.4) is 0 Å². The zero-order chi connectivity index (χ0) is 16.7. The van der Waals surface area contributed by atoms with Gasteiger partial charge in [-0.25, -0.2) is 0 Å². The number of allylic oxidation sites excluding steroid dienone is 1. The smallest absolute Gasteiger partial charge is 0.231 e. The first kappa shape index (κ1) is 14.4. The van der Waals surface area contributed by atoms with Gasteiger partial charge in [0.1, 0.15) is 5.92 Å². The van der Waals surface area contributed by atoms with Crippen LogP contribution >= 0.6 is 0 Å². The molecule has 0 spiro atoms. The maximum absolute atomic E-state index is 12.4. The summed E-state index contributed by atoms with van der Waals surface area (Å²) < 4.78 is 10.5. The first-order chi connectivity index (χ1) is 11.6. The number of ether oxygens (including phenoxy) is 2. The van der Waals surface area contributed by atoms with Crippen LogP contribution in [0.5, 0.6) is 11.5 Å². The van der Waals surface area contributed by atoms with Gasteiger partial charge in [-0.2, -0.15) is 0 Å². The SMILES string of the molecule is O=C(/C=C/c1ccc2c(c1)OCO2)C1C(=O)c2ccccc2C1=O. The fraction of sp³-hybridized carbons (Fsp3) is 0.105. The lowest BCUT2D eigenvalue weighted by molar-refractivity contribution is -0.115. The quantitative estimate of drug-likeness (QED) is 0.642. The third kappa shape index (κ3) is 2.22. The zero-order valence-corrected chi connectivity index (χ0v) is 12.5. The summed E-state index contributed by atoms with van der Waals surface area (Å²) in [6, 6.07) is 11.8. The average molecular weight is 320 g/mol. The van der Waals surface area contributed by atoms with Gasteiger partial charge in [0.15, 0.2) is 28.8 Å². The summed E-state index contributed by atoms with van der Waals surface area (Å²) in [5.41, 5.74) is 1.36. The molecule has 0 saturated heterocycles. The summed E-state index contributed by atoms with van der Waals surface area (Å²) >= 11 is 0. The minimum absolute atomic E-state index is 0.171. The van der Waals surface area contributed by atoms with Crippen LogP contribution in [-0.2, 0) is 4.79 Å². The molecule has 118 valence electrons. The highest BCUT2D eigenvalue weighted by Gasteiger charge is 2.41. The lowest BCUT2D eigenvalue weighted by Gasteiger charge is -2.02. The molecule has 0 atom stereocenters. The highest BCUT2D eigenvalue weighted by atomic mass is 16.7. The number of hydrogen-bond donors (Lipinski definition) is 0. The van der Waals surface area contributed by atoms with Crippen LogP contribution in [0.25, 0.3) is 6.08 Å². The Hall–Kier alpha value is -3.21. The largest absolute Gasteiger partial charge is 0.454 e. The molecule has 0 bridgehead atoms. The summed E-state index contributed by atoms with van der Waals surface area (Å²) in [4.78, 5) is 37.0. The summed E-state index contributed by atoms with van der Waals surface area (Å²) in [5, 5.41) is 0. The van der Waals surface area contributed by atoms with Crippen LogP contribution in [0.2, 0.25) is 0 Å². The number of ketones is 3. The molecule has 0 N–H and O–H groups in total. The molecule has 2 aromatic rings. The topological polar surface area (TPSA) is 69.7 Å². The van der Waals surface area contributed by atoms with E-state index in [9.17, 15) is 14.4 Å². The van der Waals surface area contributed by atoms with Gasteiger partial charge in [0.25, 0.3) is 0 Å². The molecular weight excluding hydrogens is 308 g/mol. The zero-order valence-electron chi connectivity index (χ0n) is 12.5. The van der Waals surface area contributed by atoms with Gasteiger partial charge in [0, 0.05) is 11.1 Å². The number of Topliss-reactive ketones (excluding diaryl/α,β-unsaturated/α-hetero) is 2. The Morgan fingerprint density at radius 1 is 0.958 bits per heavy atom. The molecule has 2 aliphatic rings. The van der Waals surface area contributed by atoms with Crippen molar-refractivity contribution in [2.45, 2.75) is 0 Å². The number of carbonyl (C=O) groups is 3. The Bertz CT molecular complexity index is 875. The molecule has 0 unspecified atom stereocenters. The van der Waals surface area contributed by atoms with E-state index in [1.807, 2.05) is 0 Å². The maximum Gasteiger partial charge on any atom is 0.231 e. The Morgan fingerprint density at radius 3 is 2.33 bits per heavy atom. The van der Waals surface area contributed by atoms with Gasteiger partial charge in [-0.1, -0.05) is 36.4 Å². The van der Waals surface area contributed by atoms with Gasteiger partial charge in [0.05, 0.1) is 0 Å². The summed E-state index contributed by atoms with van der Waals surface area (Å²) in [6.45, 7) is 0.171. The summed E-state index contributed by atoms with van der Waals surface area (Å²) in [6.07, 6.45) is 2.83. The Balaban J connectivity index is 1.57. The monoisotopic (exact) mass is 320 g/mol. The van der Waals surface area contributed by atoms with Crippen molar-refractivity contribution in [1.82, 2.24) is 0 Å². The second-order valence-corrected chi connectivity index (χ2v) is 5.56. The van der Waals surface area contributed by atoms with Crippen LogP contribution < -0.4 is 9.47 Å². The average Bonchev–Trinajstić information content (AvgIpc) is 3.16. The van der Waals surface area contributed by atoms with Crippen molar-refractivity contribution >= 4 is 23.4 Å². The molecule has 1 heterocycles. The van der Waals surface area contributed by atoms with Crippen molar-refractivity contribution in [2.75, 3.05) is 6.79 Å². The van der Waals surface area contributed by atoms with Gasteiger partial charge < -0.3 is 9.47 Å². The number of rotatable bonds is 3. The first-order valence-electron chi connectivity index (χ1n) is 7.44. The Labute approximate surface area is 137 Å². The fourth-order valence-electron chi connectivity index (χ4n) is 2.89. The minimum Gasteiger partial charge on any atom is -0.454 e. The van der Waals surface area contributed by atoms with E-state index in [-0.39, 0.29) is 6.79 Å². The molecule has 0 aromatic heterocycles. The Morgan fingerprint density at radius 2 is 1.62 bits per heavy atom. The molecule has 0 amide bonds. The van der Waals surface area contributed by atoms with Crippen molar-refractivity contribution in [3.05, 3.63) is 65.2 Å². The van der Waals surface area contributed by atoms with Crippen molar-refractivity contribution in [3.63, 3.8) is 0 Å². The molecule has 1 aliphatic carbocycles. The second kappa shape index (κ2) is 5.45. The molecule has 0 fully saturated rings. The minimum atomic E-state index is -1.27. The highest BCUT2D eigenvalue weighted by molar-refractivity contribution is 6.37. The van der Waals surface area contributed by atoms with Crippen molar-refractivity contribution in [2.24, 2.45) is 5.92 Å². The van der Waals surface area contributed by atoms with E-state index < -0.39 is 23.3 Å². The van der Waals surface area contributed by atoms with E-state index in [2.05, 4.69) is 0 Å². The van der Waals surface area contributed by atoms with Crippen molar-refractivity contribution < 1.29 is 23.9 Å². The summed E-state index contributed by atoms with van der Waals surface area (Å²) in [5.74, 6) is -1.40. The van der Waals surface area contributed by atoms with Crippen LogP contribution in [0.1, 0.15) is 26.3 Å². The van der Waals surface area contributed by atoms with Crippen molar-refractivity contribution in [3.8, 4) is 11.5 Å². The van der Waals surface area contributed by atoms with E-state index in [1.54, 1.807) is 48.5 Å². The first-order valence-corrected chi connectivity index (χ1v) is 7.44. The molecule has 1 aliphatic heterocycles. The van der Waals surface area contributed by atoms with Gasteiger partial charge >= 0.3 is 0 Å². The molecule has 24 heavy (non-hydrogen) atoms. The van der Waals surface area contributed by atoms with E-state index in [0.717, 1.165) is 5.56 Å². The van der Waals surface area contributed by atoms with Gasteiger partial charge in [0.2, 0.25) is 6.79 Å². The van der Waals surface area contributed by atoms with E-state index in [1.165, 1.54) is 6.08 Å². The Kier molecular flexibility index (Phi) is 3.27. The predicted molar refractivity (Wildman–Crippen MR) is 85.2 cm³/mol. The van der Waals surface area contributed by atoms with Gasteiger partial charge in [-0.15, -0.1) is 0 Å². The lowest BCUT2D eigenvalue weighted by Crippen LogP contribution is -2.23. The molecule has 0 saturated carbocycles. The fourth-order valence-corrected chi connectivity index (χ4v) is 2.89. The number of hydrogen-bond acceptors (Lipinski definition) is 5. The molecule has 2 aromatic carbocycles. The predicted octanol–water partition coefficient (Wildman–Crippen LogP) is 2.69. The van der Waals surface area contributed by atoms with E-state index >= 15 is 0 Å². The highest BCUT2D eigenvalue weighted by Crippen LogP contribution is 2.33. The van der Waals surface area contributed by atoms with E-state index in [0.29, 0.717) is 22.6 Å². The number of carbonyl (C=O) groups excluding carboxylic acids is 3. The van der Waals surface area contributed by atoms with Crippen LogP contribution in [0, 0.1) is 5.92 Å². The number of fused-ring (bicyclic) bond motifs is 2. The molecule has 5 heteroatoms. The summed E-state index contributed by atoms with van der Waals surface area (Å²) in [7, 11) is 0. The van der Waals surface area contributed by atoms with Gasteiger partial charge in [-0.3, -0.25) is 14.4 Å². The van der Waals surface area contributed by atoms with Crippen LogP contribution in [0.4, 0.5) is 0 Å². The normalized spacial score (nSPS) is 16.0. The van der Waals surface area contributed by atoms with Crippen LogP contribution in [0.15, 0.2) is 48.5 Å². The molecule has 0 radical (unpaired) electrons. The van der Waals surface area contributed by atoms with E-state index in [4.69, 9.17) is 9.47 Å². The second-order valence-electron chi connectivity index (χ2n) is 5.56. The molecule has 4 rings (SSSR count). The molecule has 5 nitrogen and oxygen atoms in total. The molecular formula is C19H12O5. The van der Waals surface area contributed by atoms with Gasteiger partial charge in [-0.05, 0) is 23.8 Å². The number of benzene rings is 2. The standard InChI is InChI=1S/C19H12O5/c20-14(7-5-11-6-8-15-16(9-11)24-10-23-15)17-18(21)12-3-1-2-4-13(12)19(17)22/h1-9,17H,10H2/b7-5+. The van der Waals surface area contributed by atoms with Crippen LogP contribution in [-0.4, -0.2) is 24.1 Å². The lowest BCUT2D eigenvalue weighted by atomic mass is 9.97. The maximum atomic E-state index is 12.4. The third-order valence-corrected chi connectivity index (χ3v) is 4.10.